The Morgan fingerprint density at radius 1 is 1.09 bits per heavy atom. The van der Waals surface area contributed by atoms with Crippen LogP contribution in [0.5, 0.6) is 11.5 Å². The number of ether oxygens (including phenoxy) is 1. The van der Waals surface area contributed by atoms with Crippen molar-refractivity contribution in [3.8, 4) is 11.5 Å². The lowest BCUT2D eigenvalue weighted by Gasteiger charge is -2.13. The van der Waals surface area contributed by atoms with E-state index in [4.69, 9.17) is 33.1 Å². The summed E-state index contributed by atoms with van der Waals surface area (Å²) in [5.41, 5.74) is -0.616. The Kier molecular flexibility index (Phi) is 5.46. The van der Waals surface area contributed by atoms with Crippen molar-refractivity contribution < 1.29 is 22.7 Å². The molecule has 0 aromatic heterocycles. The maximum Gasteiger partial charge on any atom is 0.416 e. The molecule has 2 aromatic carbocycles. The van der Waals surface area contributed by atoms with Crippen molar-refractivity contribution in [2.45, 2.75) is 6.18 Å². The van der Waals surface area contributed by atoms with Gasteiger partial charge in [0.2, 0.25) is 5.12 Å². The second-order valence-electron chi connectivity index (χ2n) is 4.30. The van der Waals surface area contributed by atoms with Gasteiger partial charge in [0.05, 0.1) is 15.6 Å². The van der Waals surface area contributed by atoms with Crippen molar-refractivity contribution in [1.29, 1.82) is 0 Å². The fourth-order valence-corrected chi connectivity index (χ4v) is 2.50. The normalized spacial score (nSPS) is 11.4. The minimum absolute atomic E-state index is 0.103. The first-order valence-corrected chi connectivity index (χ1v) is 7.61. The third-order valence-electron chi connectivity index (χ3n) is 2.74. The number of alkyl halides is 3. The third kappa shape index (κ3) is 4.32. The highest BCUT2D eigenvalue weighted by molar-refractivity contribution is 8.12. The van der Waals surface area contributed by atoms with Crippen LogP contribution in [-0.2, 0) is 6.18 Å². The molecule has 2 aromatic rings. The standard InChI is InChI=1S/C14H8Cl2F3NO2S/c15-10-5-8(14(17,18)19)6-11(16)12(10)22-9-3-1-7(2-4-9)13(21)23-20/h1-6H,20H2. The molecule has 2 rings (SSSR count). The van der Waals surface area contributed by atoms with Gasteiger partial charge in [-0.2, -0.15) is 13.2 Å². The van der Waals surface area contributed by atoms with Crippen molar-refractivity contribution in [2.75, 3.05) is 0 Å². The van der Waals surface area contributed by atoms with Gasteiger partial charge in [0.25, 0.3) is 0 Å². The Balaban J connectivity index is 2.28. The average Bonchev–Trinajstić information content (AvgIpc) is 2.49. The van der Waals surface area contributed by atoms with E-state index in [-0.39, 0.29) is 26.7 Å². The van der Waals surface area contributed by atoms with E-state index in [1.165, 1.54) is 24.3 Å². The zero-order chi connectivity index (χ0) is 17.2. The second kappa shape index (κ2) is 7.00. The first kappa shape index (κ1) is 17.9. The van der Waals surface area contributed by atoms with E-state index in [2.05, 4.69) is 0 Å². The highest BCUT2D eigenvalue weighted by Crippen LogP contribution is 2.41. The summed E-state index contributed by atoms with van der Waals surface area (Å²) in [5, 5.41) is 4.28. The van der Waals surface area contributed by atoms with Crippen LogP contribution in [0.1, 0.15) is 15.9 Å². The Labute approximate surface area is 143 Å². The number of nitrogens with two attached hydrogens (primary N) is 1. The molecule has 0 saturated carbocycles. The van der Waals surface area contributed by atoms with E-state index in [9.17, 15) is 18.0 Å². The third-order valence-corrected chi connectivity index (χ3v) is 3.75. The van der Waals surface area contributed by atoms with E-state index >= 15 is 0 Å². The van der Waals surface area contributed by atoms with Gasteiger partial charge < -0.3 is 4.74 Å². The van der Waals surface area contributed by atoms with E-state index in [1.54, 1.807) is 0 Å². The average molecular weight is 382 g/mol. The molecule has 23 heavy (non-hydrogen) atoms. The lowest BCUT2D eigenvalue weighted by molar-refractivity contribution is -0.137. The van der Waals surface area contributed by atoms with Gasteiger partial charge in [0.15, 0.2) is 5.75 Å². The van der Waals surface area contributed by atoms with Crippen molar-refractivity contribution >= 4 is 40.3 Å². The van der Waals surface area contributed by atoms with E-state index < -0.39 is 11.7 Å². The second-order valence-corrected chi connectivity index (χ2v) is 5.72. The lowest BCUT2D eigenvalue weighted by Crippen LogP contribution is -2.05. The molecular formula is C14H8Cl2F3NO2S. The summed E-state index contributed by atoms with van der Waals surface area (Å²) in [6.07, 6.45) is -4.56. The smallest absolute Gasteiger partial charge is 0.416 e. The minimum Gasteiger partial charge on any atom is -0.454 e. The van der Waals surface area contributed by atoms with Gasteiger partial charge >= 0.3 is 6.18 Å². The summed E-state index contributed by atoms with van der Waals surface area (Å²) in [6.45, 7) is 0. The SMILES string of the molecule is NSC(=O)c1ccc(Oc2c(Cl)cc(C(F)(F)F)cc2Cl)cc1. The maximum atomic E-state index is 12.7. The first-order chi connectivity index (χ1) is 10.7. The summed E-state index contributed by atoms with van der Waals surface area (Å²) in [5.74, 6) is 0.153. The van der Waals surface area contributed by atoms with Crippen LogP contribution in [0.3, 0.4) is 0 Å². The Bertz CT molecular complexity index is 713. The molecule has 2 N–H and O–H groups in total. The molecule has 0 aliphatic heterocycles. The topological polar surface area (TPSA) is 52.3 Å². The van der Waals surface area contributed by atoms with Gasteiger partial charge in [-0.25, -0.2) is 0 Å². The van der Waals surface area contributed by atoms with Gasteiger partial charge in [-0.15, -0.1) is 0 Å². The molecule has 0 unspecified atom stereocenters. The molecular weight excluding hydrogens is 374 g/mol. The molecule has 3 nitrogen and oxygen atoms in total. The van der Waals surface area contributed by atoms with Crippen LogP contribution in [0, 0.1) is 0 Å². The number of hydrogen-bond acceptors (Lipinski definition) is 4. The van der Waals surface area contributed by atoms with Crippen LogP contribution in [0.25, 0.3) is 0 Å². The molecule has 0 heterocycles. The van der Waals surface area contributed by atoms with E-state index in [0.29, 0.717) is 17.5 Å². The Morgan fingerprint density at radius 3 is 2.04 bits per heavy atom. The summed E-state index contributed by atoms with van der Waals surface area (Å²) in [4.78, 5) is 11.4. The number of halogens is 5. The van der Waals surface area contributed by atoms with Gasteiger partial charge in [-0.3, -0.25) is 9.93 Å². The minimum atomic E-state index is -4.56. The van der Waals surface area contributed by atoms with Crippen molar-refractivity contribution in [1.82, 2.24) is 0 Å². The molecule has 0 bridgehead atoms. The molecule has 0 aliphatic carbocycles. The maximum absolute atomic E-state index is 12.7. The largest absolute Gasteiger partial charge is 0.454 e. The monoisotopic (exact) mass is 381 g/mol. The number of hydrogen-bond donors (Lipinski definition) is 1. The van der Waals surface area contributed by atoms with Gasteiger partial charge in [-0.05, 0) is 48.3 Å². The van der Waals surface area contributed by atoms with Crippen LogP contribution in [0.15, 0.2) is 36.4 Å². The van der Waals surface area contributed by atoms with Gasteiger partial charge in [0, 0.05) is 5.56 Å². The van der Waals surface area contributed by atoms with E-state index in [0.717, 1.165) is 12.1 Å². The number of rotatable bonds is 3. The van der Waals surface area contributed by atoms with Crippen molar-refractivity contribution in [2.24, 2.45) is 5.14 Å². The lowest BCUT2D eigenvalue weighted by atomic mass is 10.2. The molecule has 9 heteroatoms. The number of benzene rings is 2. The van der Waals surface area contributed by atoms with Gasteiger partial charge in [0.1, 0.15) is 5.75 Å². The van der Waals surface area contributed by atoms with E-state index in [1.807, 2.05) is 0 Å². The van der Waals surface area contributed by atoms with Crippen LogP contribution < -0.4 is 9.88 Å². The molecule has 122 valence electrons. The molecule has 0 spiro atoms. The fraction of sp³-hybridized carbons (Fsp3) is 0.0714. The molecule has 0 fully saturated rings. The molecule has 0 aliphatic rings. The Morgan fingerprint density at radius 2 is 1.61 bits per heavy atom. The van der Waals surface area contributed by atoms with Crippen molar-refractivity contribution in [3.63, 3.8) is 0 Å². The number of carbonyl (C=O) groups excluding carboxylic acids is 1. The predicted octanol–water partition coefficient (Wildman–Crippen LogP) is 5.55. The highest BCUT2D eigenvalue weighted by atomic mass is 35.5. The summed E-state index contributed by atoms with van der Waals surface area (Å²) in [6, 6.07) is 7.28. The zero-order valence-corrected chi connectivity index (χ0v) is 13.5. The summed E-state index contributed by atoms with van der Waals surface area (Å²) >= 11 is 12.2. The van der Waals surface area contributed by atoms with Crippen LogP contribution in [0.4, 0.5) is 13.2 Å². The summed E-state index contributed by atoms with van der Waals surface area (Å²) in [7, 11) is 0. The first-order valence-electron chi connectivity index (χ1n) is 5.97. The van der Waals surface area contributed by atoms with Crippen molar-refractivity contribution in [3.05, 3.63) is 57.6 Å². The fourth-order valence-electron chi connectivity index (χ4n) is 1.67. The Hall–Kier alpha value is -1.41. The predicted molar refractivity (Wildman–Crippen MR) is 84.1 cm³/mol. The van der Waals surface area contributed by atoms with Gasteiger partial charge in [-0.1, -0.05) is 23.2 Å². The molecule has 0 radical (unpaired) electrons. The quantitative estimate of drug-likeness (QED) is 0.707. The highest BCUT2D eigenvalue weighted by Gasteiger charge is 2.32. The number of carbonyl (C=O) groups is 1. The molecule has 0 amide bonds. The summed E-state index contributed by atoms with van der Waals surface area (Å²) < 4.78 is 43.4. The van der Waals surface area contributed by atoms with Crippen LogP contribution in [0.2, 0.25) is 10.0 Å². The van der Waals surface area contributed by atoms with Crippen LogP contribution >= 0.6 is 35.1 Å². The molecule has 0 atom stereocenters. The molecule has 0 saturated heterocycles. The van der Waals surface area contributed by atoms with Crippen LogP contribution in [-0.4, -0.2) is 5.12 Å². The zero-order valence-electron chi connectivity index (χ0n) is 11.2.